The standard InChI is InChI=1S/C13H17N3O4/c14-9(7-11(15)17)13(20)16-10-4-2-1-3-8(10)5-6-12(18)19/h1-4,9H,5-7,14H2,(H2,15,17)(H,16,20)(H,18,19). The first-order valence-electron chi connectivity index (χ1n) is 6.04. The molecule has 1 unspecified atom stereocenters. The largest absolute Gasteiger partial charge is 0.481 e. The average molecular weight is 279 g/mol. The summed E-state index contributed by atoms with van der Waals surface area (Å²) in [7, 11) is 0. The van der Waals surface area contributed by atoms with Crippen molar-refractivity contribution >= 4 is 23.5 Å². The second-order valence-corrected chi connectivity index (χ2v) is 4.32. The van der Waals surface area contributed by atoms with E-state index in [4.69, 9.17) is 16.6 Å². The number of carbonyl (C=O) groups is 3. The van der Waals surface area contributed by atoms with Crippen molar-refractivity contribution in [3.05, 3.63) is 29.8 Å². The van der Waals surface area contributed by atoms with Crippen LogP contribution in [0.15, 0.2) is 24.3 Å². The normalized spacial score (nSPS) is 11.7. The lowest BCUT2D eigenvalue weighted by Crippen LogP contribution is -2.39. The van der Waals surface area contributed by atoms with Gasteiger partial charge in [-0.3, -0.25) is 14.4 Å². The highest BCUT2D eigenvalue weighted by Gasteiger charge is 2.17. The van der Waals surface area contributed by atoms with Crippen molar-refractivity contribution in [2.45, 2.75) is 25.3 Å². The summed E-state index contributed by atoms with van der Waals surface area (Å²) in [6.45, 7) is 0. The van der Waals surface area contributed by atoms with Crippen LogP contribution in [-0.4, -0.2) is 28.9 Å². The van der Waals surface area contributed by atoms with Gasteiger partial charge in [0.1, 0.15) is 0 Å². The van der Waals surface area contributed by atoms with Crippen molar-refractivity contribution in [2.24, 2.45) is 11.5 Å². The number of nitrogens with two attached hydrogens (primary N) is 2. The minimum atomic E-state index is -1.03. The highest BCUT2D eigenvalue weighted by molar-refractivity contribution is 5.97. The van der Waals surface area contributed by atoms with Gasteiger partial charge in [0.05, 0.1) is 12.5 Å². The Hall–Kier alpha value is -2.41. The summed E-state index contributed by atoms with van der Waals surface area (Å²) in [4.78, 5) is 33.1. The number of para-hydroxylation sites is 1. The number of benzene rings is 1. The van der Waals surface area contributed by atoms with Crippen LogP contribution in [0, 0.1) is 0 Å². The molecule has 0 radical (unpaired) electrons. The lowest BCUT2D eigenvalue weighted by atomic mass is 10.1. The van der Waals surface area contributed by atoms with E-state index in [0.29, 0.717) is 11.3 Å². The van der Waals surface area contributed by atoms with E-state index in [1.807, 2.05) is 0 Å². The van der Waals surface area contributed by atoms with Crippen LogP contribution in [0.25, 0.3) is 0 Å². The molecule has 0 spiro atoms. The van der Waals surface area contributed by atoms with Crippen molar-refractivity contribution in [3.63, 3.8) is 0 Å². The highest BCUT2D eigenvalue weighted by Crippen LogP contribution is 2.17. The molecule has 0 fully saturated rings. The molecule has 0 bridgehead atoms. The fourth-order valence-electron chi connectivity index (χ4n) is 1.64. The maximum absolute atomic E-state index is 11.8. The lowest BCUT2D eigenvalue weighted by Gasteiger charge is -2.13. The minimum absolute atomic E-state index is 0.0414. The predicted molar refractivity (Wildman–Crippen MR) is 72.8 cm³/mol. The molecule has 1 aromatic carbocycles. The van der Waals surface area contributed by atoms with Crippen molar-refractivity contribution in [1.82, 2.24) is 0 Å². The molecule has 108 valence electrons. The molecule has 0 aromatic heterocycles. The van der Waals surface area contributed by atoms with Gasteiger partial charge in [0.25, 0.3) is 0 Å². The van der Waals surface area contributed by atoms with Gasteiger partial charge in [0.2, 0.25) is 11.8 Å². The number of aryl methyl sites for hydroxylation is 1. The molecule has 0 heterocycles. The Morgan fingerprint density at radius 1 is 1.25 bits per heavy atom. The Bertz CT molecular complexity index is 516. The third kappa shape index (κ3) is 5.07. The summed E-state index contributed by atoms with van der Waals surface area (Å²) in [5, 5.41) is 11.3. The van der Waals surface area contributed by atoms with Crippen molar-refractivity contribution < 1.29 is 19.5 Å². The smallest absolute Gasteiger partial charge is 0.303 e. The first-order valence-corrected chi connectivity index (χ1v) is 6.04. The fraction of sp³-hybridized carbons (Fsp3) is 0.308. The number of carboxylic acid groups (broad SMARTS) is 1. The van der Waals surface area contributed by atoms with Gasteiger partial charge in [-0.05, 0) is 18.1 Å². The van der Waals surface area contributed by atoms with E-state index in [1.165, 1.54) is 0 Å². The minimum Gasteiger partial charge on any atom is -0.481 e. The van der Waals surface area contributed by atoms with E-state index < -0.39 is 23.8 Å². The Labute approximate surface area is 115 Å². The van der Waals surface area contributed by atoms with Crippen LogP contribution < -0.4 is 16.8 Å². The van der Waals surface area contributed by atoms with Gasteiger partial charge >= 0.3 is 5.97 Å². The number of nitrogens with one attached hydrogen (secondary N) is 1. The Morgan fingerprint density at radius 2 is 1.90 bits per heavy atom. The van der Waals surface area contributed by atoms with E-state index in [0.717, 1.165) is 0 Å². The van der Waals surface area contributed by atoms with Crippen LogP contribution in [0.1, 0.15) is 18.4 Å². The van der Waals surface area contributed by atoms with Crippen LogP contribution >= 0.6 is 0 Å². The van der Waals surface area contributed by atoms with Crippen molar-refractivity contribution in [1.29, 1.82) is 0 Å². The van der Waals surface area contributed by atoms with Crippen molar-refractivity contribution in [2.75, 3.05) is 5.32 Å². The molecule has 0 aliphatic rings. The maximum Gasteiger partial charge on any atom is 0.303 e. The zero-order chi connectivity index (χ0) is 15.1. The summed E-state index contributed by atoms with van der Waals surface area (Å²) >= 11 is 0. The van der Waals surface area contributed by atoms with Crippen LogP contribution in [0.2, 0.25) is 0 Å². The van der Waals surface area contributed by atoms with Crippen LogP contribution in [0.5, 0.6) is 0 Å². The number of carboxylic acids is 1. The molecule has 7 heteroatoms. The third-order valence-corrected chi connectivity index (χ3v) is 2.64. The first kappa shape index (κ1) is 15.6. The molecule has 0 aliphatic heterocycles. The molecule has 0 saturated carbocycles. The second kappa shape index (κ2) is 7.25. The van der Waals surface area contributed by atoms with E-state index in [2.05, 4.69) is 5.32 Å². The highest BCUT2D eigenvalue weighted by atomic mass is 16.4. The van der Waals surface area contributed by atoms with E-state index in [1.54, 1.807) is 24.3 Å². The van der Waals surface area contributed by atoms with Gasteiger partial charge in [-0.25, -0.2) is 0 Å². The molecular formula is C13H17N3O4. The number of hydrogen-bond donors (Lipinski definition) is 4. The number of amides is 2. The van der Waals surface area contributed by atoms with Gasteiger partial charge in [-0.1, -0.05) is 18.2 Å². The molecule has 2 amide bonds. The summed E-state index contributed by atoms with van der Waals surface area (Å²) in [6, 6.07) is 5.79. The topological polar surface area (TPSA) is 136 Å². The Kier molecular flexibility index (Phi) is 5.67. The van der Waals surface area contributed by atoms with Crippen molar-refractivity contribution in [3.8, 4) is 0 Å². The number of rotatable bonds is 7. The van der Waals surface area contributed by atoms with Gasteiger partial charge in [-0.15, -0.1) is 0 Å². The van der Waals surface area contributed by atoms with Gasteiger partial charge in [0.15, 0.2) is 0 Å². The molecule has 20 heavy (non-hydrogen) atoms. The molecule has 1 atom stereocenters. The molecule has 0 aliphatic carbocycles. The summed E-state index contributed by atoms with van der Waals surface area (Å²) in [6.07, 6.45) is 0.000192. The average Bonchev–Trinajstić information content (AvgIpc) is 2.36. The number of anilines is 1. The van der Waals surface area contributed by atoms with Crippen LogP contribution in [0.3, 0.4) is 0 Å². The first-order chi connectivity index (χ1) is 9.40. The van der Waals surface area contributed by atoms with Gasteiger partial charge in [0, 0.05) is 12.1 Å². The molecule has 0 saturated heterocycles. The summed E-state index contributed by atoms with van der Waals surface area (Å²) < 4.78 is 0. The van der Waals surface area contributed by atoms with Crippen LogP contribution in [0.4, 0.5) is 5.69 Å². The molecular weight excluding hydrogens is 262 g/mol. The monoisotopic (exact) mass is 279 g/mol. The Balaban J connectivity index is 2.73. The zero-order valence-electron chi connectivity index (χ0n) is 10.8. The quantitative estimate of drug-likeness (QED) is 0.550. The summed E-state index contributed by atoms with van der Waals surface area (Å²) in [5.74, 6) is -2.12. The maximum atomic E-state index is 11.8. The number of primary amides is 1. The van der Waals surface area contributed by atoms with E-state index >= 15 is 0 Å². The fourth-order valence-corrected chi connectivity index (χ4v) is 1.64. The van der Waals surface area contributed by atoms with Gasteiger partial charge < -0.3 is 21.9 Å². The lowest BCUT2D eigenvalue weighted by molar-refractivity contribution is -0.137. The zero-order valence-corrected chi connectivity index (χ0v) is 10.8. The molecule has 1 aromatic rings. The number of aliphatic carboxylic acids is 1. The predicted octanol–water partition coefficient (Wildman–Crippen LogP) is -0.155. The molecule has 1 rings (SSSR count). The number of hydrogen-bond acceptors (Lipinski definition) is 4. The summed E-state index contributed by atoms with van der Waals surface area (Å²) in [5.41, 5.74) is 11.7. The van der Waals surface area contributed by atoms with E-state index in [9.17, 15) is 14.4 Å². The third-order valence-electron chi connectivity index (χ3n) is 2.64. The molecule has 6 N–H and O–H groups in total. The number of carbonyl (C=O) groups excluding carboxylic acids is 2. The van der Waals surface area contributed by atoms with Crippen LogP contribution in [-0.2, 0) is 20.8 Å². The van der Waals surface area contributed by atoms with E-state index in [-0.39, 0.29) is 19.3 Å². The Morgan fingerprint density at radius 3 is 2.50 bits per heavy atom. The molecule has 7 nitrogen and oxygen atoms in total. The SMILES string of the molecule is NC(=O)CC(N)C(=O)Nc1ccccc1CCC(=O)O. The van der Waals surface area contributed by atoms with Gasteiger partial charge in [-0.2, -0.15) is 0 Å². The second-order valence-electron chi connectivity index (χ2n) is 4.32.